The van der Waals surface area contributed by atoms with Gasteiger partial charge in [-0.3, -0.25) is 4.68 Å². The number of likely N-dealkylation sites (tertiary alicyclic amines) is 1. The molecular formula is C19H22N8O. The molecule has 9 nitrogen and oxygen atoms in total. The molecular weight excluding hydrogens is 356 g/mol. The van der Waals surface area contributed by atoms with Crippen molar-refractivity contribution in [3.8, 4) is 11.4 Å². The Morgan fingerprint density at radius 2 is 2.04 bits per heavy atom. The van der Waals surface area contributed by atoms with Crippen molar-refractivity contribution in [2.24, 2.45) is 7.05 Å². The number of nitrogens with two attached hydrogens (primary N) is 1. The van der Waals surface area contributed by atoms with Crippen LogP contribution in [0.3, 0.4) is 0 Å². The molecule has 2 aromatic heterocycles. The average Bonchev–Trinajstić information content (AvgIpc) is 3.15. The maximum atomic E-state index is 12.7. The predicted molar refractivity (Wildman–Crippen MR) is 105 cm³/mol. The number of amides is 2. The second-order valence-electron chi connectivity index (χ2n) is 6.87. The van der Waals surface area contributed by atoms with Gasteiger partial charge in [0.1, 0.15) is 6.33 Å². The smallest absolute Gasteiger partial charge is 0.321 e. The largest absolute Gasteiger partial charge is 0.368 e. The monoisotopic (exact) mass is 378 g/mol. The number of urea groups is 1. The molecule has 1 atom stereocenters. The summed E-state index contributed by atoms with van der Waals surface area (Å²) < 4.78 is 1.66. The van der Waals surface area contributed by atoms with Crippen LogP contribution in [0.15, 0.2) is 42.9 Å². The zero-order valence-corrected chi connectivity index (χ0v) is 15.6. The maximum absolute atomic E-state index is 12.7. The third-order valence-corrected chi connectivity index (χ3v) is 4.82. The number of aromatic nitrogens is 5. The maximum Gasteiger partial charge on any atom is 0.321 e. The lowest BCUT2D eigenvalue weighted by molar-refractivity contribution is 0.192. The van der Waals surface area contributed by atoms with Crippen LogP contribution in [0.1, 0.15) is 24.5 Å². The van der Waals surface area contributed by atoms with Crippen molar-refractivity contribution in [3.63, 3.8) is 0 Å². The summed E-state index contributed by atoms with van der Waals surface area (Å²) in [6.07, 6.45) is 5.22. The number of nitrogen functional groups attached to an aromatic ring is 1. The van der Waals surface area contributed by atoms with Crippen molar-refractivity contribution in [1.82, 2.24) is 29.6 Å². The molecule has 1 aromatic carbocycles. The first-order valence-corrected chi connectivity index (χ1v) is 9.19. The Kier molecular flexibility index (Phi) is 4.88. The molecule has 0 aliphatic carbocycles. The molecule has 0 saturated carbocycles. The number of nitrogens with zero attached hydrogens (tertiary/aromatic N) is 6. The molecule has 3 aromatic rings. The molecule has 4 rings (SSSR count). The molecule has 1 fully saturated rings. The second-order valence-corrected chi connectivity index (χ2v) is 6.87. The topological polar surface area (TPSA) is 115 Å². The summed E-state index contributed by atoms with van der Waals surface area (Å²) >= 11 is 0. The molecule has 2 amide bonds. The number of piperidine rings is 1. The Labute approximate surface area is 162 Å². The lowest BCUT2D eigenvalue weighted by Crippen LogP contribution is -2.41. The van der Waals surface area contributed by atoms with E-state index in [4.69, 9.17) is 5.73 Å². The van der Waals surface area contributed by atoms with E-state index >= 15 is 0 Å². The summed E-state index contributed by atoms with van der Waals surface area (Å²) in [6.45, 7) is 1.33. The van der Waals surface area contributed by atoms with Crippen LogP contribution in [-0.4, -0.2) is 48.8 Å². The van der Waals surface area contributed by atoms with E-state index < -0.39 is 0 Å². The molecule has 1 aliphatic rings. The fourth-order valence-electron chi connectivity index (χ4n) is 3.40. The van der Waals surface area contributed by atoms with E-state index in [1.165, 1.54) is 0 Å². The minimum atomic E-state index is -0.115. The van der Waals surface area contributed by atoms with E-state index in [0.717, 1.165) is 36.3 Å². The Balaban J connectivity index is 1.40. The molecule has 1 saturated heterocycles. The summed E-state index contributed by atoms with van der Waals surface area (Å²) in [5.41, 5.74) is 8.21. The zero-order chi connectivity index (χ0) is 19.5. The van der Waals surface area contributed by atoms with Crippen LogP contribution in [0.25, 0.3) is 11.4 Å². The molecule has 0 spiro atoms. The van der Waals surface area contributed by atoms with Gasteiger partial charge >= 0.3 is 6.03 Å². The first kappa shape index (κ1) is 17.9. The van der Waals surface area contributed by atoms with Gasteiger partial charge in [-0.05, 0) is 43.2 Å². The Hall–Kier alpha value is -3.49. The van der Waals surface area contributed by atoms with Gasteiger partial charge in [0, 0.05) is 43.5 Å². The van der Waals surface area contributed by atoms with Gasteiger partial charge in [-0.15, -0.1) is 0 Å². The van der Waals surface area contributed by atoms with E-state index in [1.807, 2.05) is 42.3 Å². The molecule has 0 radical (unpaired) electrons. The van der Waals surface area contributed by atoms with E-state index in [0.29, 0.717) is 12.4 Å². The number of hydrogen-bond donors (Lipinski definition) is 2. The lowest BCUT2D eigenvalue weighted by atomic mass is 9.95. The number of anilines is 2. The van der Waals surface area contributed by atoms with Crippen LogP contribution < -0.4 is 11.1 Å². The second kappa shape index (κ2) is 7.63. The summed E-state index contributed by atoms with van der Waals surface area (Å²) in [4.78, 5) is 27.0. The van der Waals surface area contributed by atoms with Gasteiger partial charge in [-0.1, -0.05) is 0 Å². The van der Waals surface area contributed by atoms with Gasteiger partial charge in [0.2, 0.25) is 5.95 Å². The molecule has 0 bridgehead atoms. The van der Waals surface area contributed by atoms with Crippen LogP contribution in [-0.2, 0) is 7.05 Å². The molecule has 1 unspecified atom stereocenters. The predicted octanol–water partition coefficient (Wildman–Crippen LogP) is 2.27. The molecule has 3 N–H and O–H groups in total. The van der Waals surface area contributed by atoms with Crippen molar-refractivity contribution >= 4 is 17.7 Å². The number of hydrogen-bond acceptors (Lipinski definition) is 6. The van der Waals surface area contributed by atoms with Gasteiger partial charge in [0.15, 0.2) is 5.82 Å². The molecule has 1 aliphatic heterocycles. The average molecular weight is 378 g/mol. The minimum absolute atomic E-state index is 0.115. The normalized spacial score (nSPS) is 16.8. The van der Waals surface area contributed by atoms with Crippen LogP contribution in [0, 0.1) is 0 Å². The summed E-state index contributed by atoms with van der Waals surface area (Å²) in [5, 5.41) is 7.24. The van der Waals surface area contributed by atoms with Gasteiger partial charge in [0.05, 0.1) is 5.69 Å². The third-order valence-electron chi connectivity index (χ3n) is 4.82. The first-order valence-electron chi connectivity index (χ1n) is 9.19. The number of rotatable bonds is 3. The highest BCUT2D eigenvalue weighted by atomic mass is 16.2. The van der Waals surface area contributed by atoms with E-state index in [2.05, 4.69) is 25.4 Å². The Morgan fingerprint density at radius 3 is 2.75 bits per heavy atom. The standard InChI is InChI=1S/C19H22N8O/c1-26-12-22-17(25-26)13-4-6-15(7-5-13)23-19(28)27-10-2-3-14(11-27)16-8-9-21-18(20)24-16/h4-9,12,14H,2-3,10-11H2,1H3,(H,23,28)(H2,20,21,24). The Bertz CT molecular complexity index is 968. The molecule has 9 heteroatoms. The summed E-state index contributed by atoms with van der Waals surface area (Å²) in [7, 11) is 1.83. The van der Waals surface area contributed by atoms with Gasteiger partial charge < -0.3 is 16.0 Å². The highest BCUT2D eigenvalue weighted by Gasteiger charge is 2.26. The lowest BCUT2D eigenvalue weighted by Gasteiger charge is -2.32. The third kappa shape index (κ3) is 3.93. The van der Waals surface area contributed by atoms with Gasteiger partial charge in [-0.25, -0.2) is 19.7 Å². The van der Waals surface area contributed by atoms with E-state index in [-0.39, 0.29) is 17.9 Å². The zero-order valence-electron chi connectivity index (χ0n) is 15.6. The van der Waals surface area contributed by atoms with Crippen LogP contribution in [0.5, 0.6) is 0 Å². The number of benzene rings is 1. The molecule has 144 valence electrons. The van der Waals surface area contributed by atoms with Gasteiger partial charge in [-0.2, -0.15) is 5.10 Å². The Morgan fingerprint density at radius 1 is 1.21 bits per heavy atom. The SMILES string of the molecule is Cn1cnc(-c2ccc(NC(=O)N3CCCC(c4ccnc(N)n4)C3)cc2)n1. The minimum Gasteiger partial charge on any atom is -0.368 e. The van der Waals surface area contributed by atoms with Crippen molar-refractivity contribution in [2.45, 2.75) is 18.8 Å². The van der Waals surface area contributed by atoms with Crippen LogP contribution in [0.4, 0.5) is 16.4 Å². The van der Waals surface area contributed by atoms with Crippen molar-refractivity contribution in [2.75, 3.05) is 24.1 Å². The summed E-state index contributed by atoms with van der Waals surface area (Å²) in [5.74, 6) is 1.09. The number of aryl methyl sites for hydroxylation is 1. The fourth-order valence-corrected chi connectivity index (χ4v) is 3.40. The number of nitrogens with one attached hydrogen (secondary N) is 1. The van der Waals surface area contributed by atoms with Gasteiger partial charge in [0.25, 0.3) is 0 Å². The van der Waals surface area contributed by atoms with Crippen molar-refractivity contribution in [1.29, 1.82) is 0 Å². The molecule has 28 heavy (non-hydrogen) atoms. The highest BCUT2D eigenvalue weighted by molar-refractivity contribution is 5.89. The fraction of sp³-hybridized carbons (Fsp3) is 0.316. The number of carbonyl (C=O) groups is 1. The van der Waals surface area contributed by atoms with Crippen LogP contribution in [0.2, 0.25) is 0 Å². The van der Waals surface area contributed by atoms with E-state index in [9.17, 15) is 4.79 Å². The van der Waals surface area contributed by atoms with Crippen molar-refractivity contribution in [3.05, 3.63) is 48.5 Å². The first-order chi connectivity index (χ1) is 13.6. The van der Waals surface area contributed by atoms with Crippen LogP contribution >= 0.6 is 0 Å². The summed E-state index contributed by atoms with van der Waals surface area (Å²) in [6, 6.07) is 9.26. The van der Waals surface area contributed by atoms with E-state index in [1.54, 1.807) is 17.2 Å². The highest BCUT2D eigenvalue weighted by Crippen LogP contribution is 2.26. The quantitative estimate of drug-likeness (QED) is 0.722. The van der Waals surface area contributed by atoms with Crippen molar-refractivity contribution < 1.29 is 4.79 Å². The molecule has 3 heterocycles. The number of carbonyl (C=O) groups excluding carboxylic acids is 1.